The molecule has 1 heterocycles. The van der Waals surface area contributed by atoms with E-state index in [9.17, 15) is 9.59 Å². The maximum atomic E-state index is 12.1. The van der Waals surface area contributed by atoms with Gasteiger partial charge >= 0.3 is 0 Å². The van der Waals surface area contributed by atoms with E-state index in [4.69, 9.17) is 9.15 Å². The summed E-state index contributed by atoms with van der Waals surface area (Å²) in [5.74, 6) is 0.227. The third-order valence-electron chi connectivity index (χ3n) is 3.83. The van der Waals surface area contributed by atoms with Crippen molar-refractivity contribution in [2.24, 2.45) is 0 Å². The van der Waals surface area contributed by atoms with E-state index in [0.29, 0.717) is 17.1 Å². The van der Waals surface area contributed by atoms with Crippen molar-refractivity contribution in [3.8, 4) is 5.75 Å². The summed E-state index contributed by atoms with van der Waals surface area (Å²) in [7, 11) is 0. The molecule has 0 saturated heterocycles. The average Bonchev–Trinajstić information content (AvgIpc) is 3.22. The summed E-state index contributed by atoms with van der Waals surface area (Å²) >= 11 is 0. The Bertz CT molecular complexity index is 919. The van der Waals surface area contributed by atoms with Gasteiger partial charge in [-0.2, -0.15) is 0 Å². The number of carbonyl (C=O) groups excluding carboxylic acids is 2. The molecule has 0 fully saturated rings. The summed E-state index contributed by atoms with van der Waals surface area (Å²) < 4.78 is 10.6. The molecule has 0 saturated carbocycles. The first-order valence-electron chi connectivity index (χ1n) is 8.60. The van der Waals surface area contributed by atoms with Gasteiger partial charge in [0.05, 0.1) is 6.26 Å². The van der Waals surface area contributed by atoms with Crippen molar-refractivity contribution in [1.82, 2.24) is 0 Å². The topological polar surface area (TPSA) is 80.6 Å². The monoisotopic (exact) mass is 364 g/mol. The van der Waals surface area contributed by atoms with Gasteiger partial charge in [-0.25, -0.2) is 0 Å². The first kappa shape index (κ1) is 18.3. The van der Waals surface area contributed by atoms with Crippen LogP contribution in [0.4, 0.5) is 11.4 Å². The smallest absolute Gasteiger partial charge is 0.291 e. The SMILES string of the molecule is CCc1cccc(OCC(=O)Nc2cccc(NC(=O)c3ccco3)c2)c1. The van der Waals surface area contributed by atoms with Gasteiger partial charge in [0.2, 0.25) is 0 Å². The summed E-state index contributed by atoms with van der Waals surface area (Å²) in [5.41, 5.74) is 2.25. The van der Waals surface area contributed by atoms with Crippen LogP contribution in [0.25, 0.3) is 0 Å². The Hall–Kier alpha value is -3.54. The summed E-state index contributed by atoms with van der Waals surface area (Å²) in [6, 6.07) is 17.7. The van der Waals surface area contributed by atoms with E-state index >= 15 is 0 Å². The van der Waals surface area contributed by atoms with Crippen LogP contribution in [0.15, 0.2) is 71.3 Å². The standard InChI is InChI=1S/C21H20N2O4/c1-2-15-6-3-9-18(12-15)27-14-20(24)22-16-7-4-8-17(13-16)23-21(25)19-10-5-11-26-19/h3-13H,2,14H2,1H3,(H,22,24)(H,23,25). The minimum absolute atomic E-state index is 0.101. The Balaban J connectivity index is 1.55. The molecule has 2 N–H and O–H groups in total. The zero-order valence-corrected chi connectivity index (χ0v) is 14.9. The first-order valence-corrected chi connectivity index (χ1v) is 8.60. The number of rotatable bonds is 7. The van der Waals surface area contributed by atoms with E-state index < -0.39 is 0 Å². The van der Waals surface area contributed by atoms with E-state index in [1.54, 1.807) is 36.4 Å². The molecule has 1 aromatic heterocycles. The normalized spacial score (nSPS) is 10.3. The van der Waals surface area contributed by atoms with Crippen molar-refractivity contribution in [3.63, 3.8) is 0 Å². The molecule has 3 rings (SSSR count). The van der Waals surface area contributed by atoms with Crippen molar-refractivity contribution in [2.75, 3.05) is 17.2 Å². The maximum absolute atomic E-state index is 12.1. The van der Waals surface area contributed by atoms with Crippen molar-refractivity contribution >= 4 is 23.2 Å². The fraction of sp³-hybridized carbons (Fsp3) is 0.143. The quantitative estimate of drug-likeness (QED) is 0.661. The highest BCUT2D eigenvalue weighted by Crippen LogP contribution is 2.17. The van der Waals surface area contributed by atoms with E-state index in [1.165, 1.54) is 6.26 Å². The summed E-state index contributed by atoms with van der Waals surface area (Å²) in [6.07, 6.45) is 2.33. The zero-order valence-electron chi connectivity index (χ0n) is 14.9. The van der Waals surface area contributed by atoms with Gasteiger partial charge in [0.15, 0.2) is 12.4 Å². The van der Waals surface area contributed by atoms with Crippen LogP contribution in [-0.2, 0) is 11.2 Å². The number of amides is 2. The van der Waals surface area contributed by atoms with Crippen LogP contribution < -0.4 is 15.4 Å². The zero-order chi connectivity index (χ0) is 19.1. The Kier molecular flexibility index (Phi) is 5.89. The number of benzene rings is 2. The van der Waals surface area contributed by atoms with Crippen LogP contribution in [0, 0.1) is 0 Å². The highest BCUT2D eigenvalue weighted by atomic mass is 16.5. The summed E-state index contributed by atoms with van der Waals surface area (Å²) in [4.78, 5) is 24.1. The number of nitrogens with one attached hydrogen (secondary N) is 2. The largest absolute Gasteiger partial charge is 0.484 e. The Morgan fingerprint density at radius 2 is 1.74 bits per heavy atom. The lowest BCUT2D eigenvalue weighted by Crippen LogP contribution is -2.20. The Morgan fingerprint density at radius 3 is 2.48 bits per heavy atom. The Labute approximate surface area is 157 Å². The number of anilines is 2. The third-order valence-corrected chi connectivity index (χ3v) is 3.83. The predicted octanol–water partition coefficient (Wildman–Crippen LogP) is 4.11. The lowest BCUT2D eigenvalue weighted by atomic mass is 10.2. The molecule has 0 atom stereocenters. The fourth-order valence-corrected chi connectivity index (χ4v) is 2.48. The van der Waals surface area contributed by atoms with Crippen molar-refractivity contribution < 1.29 is 18.7 Å². The lowest BCUT2D eigenvalue weighted by Gasteiger charge is -2.10. The van der Waals surface area contributed by atoms with E-state index in [-0.39, 0.29) is 24.2 Å². The number of hydrogen-bond acceptors (Lipinski definition) is 4. The van der Waals surface area contributed by atoms with Crippen molar-refractivity contribution in [1.29, 1.82) is 0 Å². The molecule has 0 aliphatic heterocycles. The molecule has 0 aliphatic carbocycles. The fourth-order valence-electron chi connectivity index (χ4n) is 2.48. The molecule has 3 aromatic rings. The number of hydrogen-bond donors (Lipinski definition) is 2. The molecule has 138 valence electrons. The van der Waals surface area contributed by atoms with Crippen LogP contribution >= 0.6 is 0 Å². The van der Waals surface area contributed by atoms with Crippen LogP contribution in [0.1, 0.15) is 23.0 Å². The molecular formula is C21H20N2O4. The van der Waals surface area contributed by atoms with Gasteiger partial charge in [0.1, 0.15) is 5.75 Å². The highest BCUT2D eigenvalue weighted by molar-refractivity contribution is 6.02. The van der Waals surface area contributed by atoms with Gasteiger partial charge in [-0.05, 0) is 54.4 Å². The highest BCUT2D eigenvalue weighted by Gasteiger charge is 2.10. The summed E-state index contributed by atoms with van der Waals surface area (Å²) in [6.45, 7) is 1.96. The third kappa shape index (κ3) is 5.22. The number of aryl methyl sites for hydroxylation is 1. The minimum atomic E-state index is -0.359. The van der Waals surface area contributed by atoms with Crippen LogP contribution in [0.3, 0.4) is 0 Å². The molecule has 0 bridgehead atoms. The second-order valence-corrected chi connectivity index (χ2v) is 5.85. The maximum Gasteiger partial charge on any atom is 0.291 e. The predicted molar refractivity (Wildman–Crippen MR) is 103 cm³/mol. The molecule has 0 unspecified atom stereocenters. The van der Waals surface area contributed by atoms with E-state index in [0.717, 1.165) is 12.0 Å². The molecule has 0 spiro atoms. The van der Waals surface area contributed by atoms with Crippen LogP contribution in [-0.4, -0.2) is 18.4 Å². The van der Waals surface area contributed by atoms with Crippen LogP contribution in [0.2, 0.25) is 0 Å². The molecule has 6 heteroatoms. The van der Waals surface area contributed by atoms with E-state index in [1.807, 2.05) is 24.3 Å². The first-order chi connectivity index (χ1) is 13.1. The van der Waals surface area contributed by atoms with Gasteiger partial charge in [0, 0.05) is 11.4 Å². The number of carbonyl (C=O) groups is 2. The molecule has 2 amide bonds. The second kappa shape index (κ2) is 8.71. The molecule has 27 heavy (non-hydrogen) atoms. The molecule has 6 nitrogen and oxygen atoms in total. The average molecular weight is 364 g/mol. The number of furan rings is 1. The second-order valence-electron chi connectivity index (χ2n) is 5.85. The van der Waals surface area contributed by atoms with Crippen molar-refractivity contribution in [2.45, 2.75) is 13.3 Å². The molecule has 0 radical (unpaired) electrons. The molecule has 2 aromatic carbocycles. The lowest BCUT2D eigenvalue weighted by molar-refractivity contribution is -0.118. The van der Waals surface area contributed by atoms with Crippen molar-refractivity contribution in [3.05, 3.63) is 78.3 Å². The van der Waals surface area contributed by atoms with Gasteiger partial charge in [-0.1, -0.05) is 25.1 Å². The number of ether oxygens (including phenoxy) is 1. The Morgan fingerprint density at radius 1 is 0.963 bits per heavy atom. The van der Waals surface area contributed by atoms with Gasteiger partial charge < -0.3 is 19.8 Å². The van der Waals surface area contributed by atoms with Crippen LogP contribution in [0.5, 0.6) is 5.75 Å². The van der Waals surface area contributed by atoms with E-state index in [2.05, 4.69) is 17.6 Å². The molecule has 0 aliphatic rings. The van der Waals surface area contributed by atoms with Gasteiger partial charge in [0.25, 0.3) is 11.8 Å². The van der Waals surface area contributed by atoms with Gasteiger partial charge in [-0.15, -0.1) is 0 Å². The summed E-state index contributed by atoms with van der Waals surface area (Å²) in [5, 5.41) is 5.46. The minimum Gasteiger partial charge on any atom is -0.484 e. The van der Waals surface area contributed by atoms with Gasteiger partial charge in [-0.3, -0.25) is 9.59 Å². The molecular weight excluding hydrogens is 344 g/mol.